The topological polar surface area (TPSA) is 18.5 Å². The highest BCUT2D eigenvalue weighted by molar-refractivity contribution is 9.26. The average Bonchev–Trinajstić information content (AvgIpc) is 2.19. The lowest BCUT2D eigenvalue weighted by Crippen LogP contribution is -2.32. The molecule has 0 radical (unpaired) electrons. The highest BCUT2D eigenvalue weighted by Crippen LogP contribution is 2.37. The maximum Gasteiger partial charge on any atom is 0.225 e. The molecule has 1 aromatic carbocycles. The number of ether oxygens (including phenoxy) is 2. The minimum Gasteiger partial charge on any atom is -0.474 e. The molecule has 0 saturated carbocycles. The lowest BCUT2D eigenvalue weighted by Gasteiger charge is -2.26. The summed E-state index contributed by atoms with van der Waals surface area (Å²) in [7, 11) is 0. The predicted molar refractivity (Wildman–Crippen MR) is 72.0 cm³/mol. The molecule has 84 valence electrons. The fourth-order valence-electron chi connectivity index (χ4n) is 0.945. The predicted octanol–water partition coefficient (Wildman–Crippen LogP) is 4.27. The summed E-state index contributed by atoms with van der Waals surface area (Å²) in [5.74, 6) is 0.780. The summed E-state index contributed by atoms with van der Waals surface area (Å²) in [6.07, 6.45) is 0. The molecule has 0 bridgehead atoms. The van der Waals surface area contributed by atoms with Gasteiger partial charge >= 0.3 is 0 Å². The minimum atomic E-state index is -0.718. The van der Waals surface area contributed by atoms with Crippen molar-refractivity contribution in [2.24, 2.45) is 0 Å². The van der Waals surface area contributed by atoms with Crippen molar-refractivity contribution in [3.05, 3.63) is 30.3 Å². The van der Waals surface area contributed by atoms with E-state index in [1.807, 2.05) is 37.3 Å². The molecule has 1 atom stereocenters. The highest BCUT2D eigenvalue weighted by atomic mass is 79.9. The second-order valence-corrected chi connectivity index (χ2v) is 6.99. The van der Waals surface area contributed by atoms with Crippen molar-refractivity contribution < 1.29 is 9.47 Å². The van der Waals surface area contributed by atoms with E-state index in [1.165, 1.54) is 0 Å². The number of rotatable bonds is 5. The van der Waals surface area contributed by atoms with Crippen LogP contribution in [0.2, 0.25) is 0 Å². The first-order chi connectivity index (χ1) is 7.06. The average molecular weight is 403 g/mol. The molecule has 0 aliphatic rings. The Labute approximate surface area is 115 Å². The van der Waals surface area contributed by atoms with E-state index in [4.69, 9.17) is 9.47 Å². The molecule has 0 spiro atoms. The van der Waals surface area contributed by atoms with Gasteiger partial charge in [-0.1, -0.05) is 18.2 Å². The Morgan fingerprint density at radius 3 is 2.40 bits per heavy atom. The van der Waals surface area contributed by atoms with Crippen LogP contribution in [0.4, 0.5) is 0 Å². The summed E-state index contributed by atoms with van der Waals surface area (Å²) < 4.78 is 10.3. The van der Waals surface area contributed by atoms with Crippen molar-refractivity contribution in [1.29, 1.82) is 0 Å². The van der Waals surface area contributed by atoms with Gasteiger partial charge in [0.2, 0.25) is 8.43 Å². The fourth-order valence-corrected chi connectivity index (χ4v) is 1.94. The molecule has 1 rings (SSSR count). The number of para-hydroxylation sites is 1. The van der Waals surface area contributed by atoms with Crippen molar-refractivity contribution in [3.8, 4) is 5.75 Å². The second-order valence-electron chi connectivity index (χ2n) is 2.74. The van der Waals surface area contributed by atoms with E-state index in [2.05, 4.69) is 47.8 Å². The summed E-state index contributed by atoms with van der Waals surface area (Å²) in [5.41, 5.74) is 0. The van der Waals surface area contributed by atoms with Crippen LogP contribution in [0.1, 0.15) is 6.92 Å². The van der Waals surface area contributed by atoms with Gasteiger partial charge < -0.3 is 9.47 Å². The van der Waals surface area contributed by atoms with E-state index in [9.17, 15) is 0 Å². The van der Waals surface area contributed by atoms with Gasteiger partial charge in [-0.15, -0.1) is 0 Å². The zero-order valence-electron chi connectivity index (χ0n) is 8.12. The van der Waals surface area contributed by atoms with Crippen LogP contribution in [-0.4, -0.2) is 15.0 Å². The Morgan fingerprint density at radius 2 is 1.87 bits per heavy atom. The Morgan fingerprint density at radius 1 is 1.27 bits per heavy atom. The van der Waals surface area contributed by atoms with E-state index >= 15 is 0 Å². The van der Waals surface area contributed by atoms with E-state index in [1.54, 1.807) is 0 Å². The molecule has 0 amide bonds. The molecule has 0 heterocycles. The van der Waals surface area contributed by atoms with Crippen LogP contribution in [0, 0.1) is 0 Å². The van der Waals surface area contributed by atoms with Crippen molar-refractivity contribution in [3.63, 3.8) is 0 Å². The van der Waals surface area contributed by atoms with Gasteiger partial charge in [-0.2, -0.15) is 0 Å². The first-order valence-corrected chi connectivity index (χ1v) is 6.94. The van der Waals surface area contributed by atoms with E-state index in [0.717, 1.165) is 5.75 Å². The van der Waals surface area contributed by atoms with Crippen LogP contribution in [-0.2, 0) is 4.74 Å². The van der Waals surface area contributed by atoms with Gasteiger partial charge in [0.15, 0.2) is 0 Å². The maximum atomic E-state index is 5.63. The molecule has 1 unspecified atom stereocenters. The first kappa shape index (κ1) is 13.5. The van der Waals surface area contributed by atoms with Crippen molar-refractivity contribution >= 4 is 47.8 Å². The van der Waals surface area contributed by atoms with Gasteiger partial charge in [-0.25, -0.2) is 0 Å². The van der Waals surface area contributed by atoms with Gasteiger partial charge in [0.25, 0.3) is 0 Å². The number of hydrogen-bond acceptors (Lipinski definition) is 2. The third-order valence-electron chi connectivity index (χ3n) is 1.58. The SMILES string of the molecule is CCOC(Br)(Br)C(Br)Oc1ccccc1. The first-order valence-electron chi connectivity index (χ1n) is 4.44. The molecule has 0 aromatic heterocycles. The largest absolute Gasteiger partial charge is 0.474 e. The quantitative estimate of drug-likeness (QED) is 0.685. The summed E-state index contributed by atoms with van der Waals surface area (Å²) in [6.45, 7) is 2.50. The van der Waals surface area contributed by atoms with Crippen molar-refractivity contribution in [1.82, 2.24) is 0 Å². The third kappa shape index (κ3) is 4.43. The molecule has 1 aromatic rings. The summed E-state index contributed by atoms with van der Waals surface area (Å²) >= 11 is 10.2. The smallest absolute Gasteiger partial charge is 0.225 e. The molecule has 0 aliphatic heterocycles. The second kappa shape index (κ2) is 6.23. The normalized spacial score (nSPS) is 13.6. The Hall–Kier alpha value is 0.420. The van der Waals surface area contributed by atoms with Crippen LogP contribution in [0.3, 0.4) is 0 Å². The lowest BCUT2D eigenvalue weighted by molar-refractivity contribution is 0.0605. The van der Waals surface area contributed by atoms with Crippen molar-refractivity contribution in [2.45, 2.75) is 15.4 Å². The van der Waals surface area contributed by atoms with E-state index < -0.39 is 3.42 Å². The van der Waals surface area contributed by atoms with Crippen LogP contribution in [0.5, 0.6) is 5.75 Å². The molecule has 0 aliphatic carbocycles. The van der Waals surface area contributed by atoms with Crippen molar-refractivity contribution in [2.75, 3.05) is 6.61 Å². The van der Waals surface area contributed by atoms with Gasteiger partial charge in [0, 0.05) is 6.61 Å². The number of hydrogen-bond donors (Lipinski definition) is 0. The molecule has 0 fully saturated rings. The van der Waals surface area contributed by atoms with E-state index in [-0.39, 0.29) is 5.01 Å². The lowest BCUT2D eigenvalue weighted by atomic mass is 10.3. The fraction of sp³-hybridized carbons (Fsp3) is 0.400. The summed E-state index contributed by atoms with van der Waals surface area (Å²) in [6, 6.07) is 9.54. The molecule has 15 heavy (non-hydrogen) atoms. The highest BCUT2D eigenvalue weighted by Gasteiger charge is 2.34. The molecular formula is C10H11Br3O2. The monoisotopic (exact) mass is 400 g/mol. The Kier molecular flexibility index (Phi) is 5.60. The molecule has 2 nitrogen and oxygen atoms in total. The minimum absolute atomic E-state index is 0.327. The zero-order valence-corrected chi connectivity index (χ0v) is 12.9. The van der Waals surface area contributed by atoms with Gasteiger partial charge in [-0.05, 0) is 66.8 Å². The number of benzene rings is 1. The van der Waals surface area contributed by atoms with Crippen LogP contribution in [0.25, 0.3) is 0 Å². The molecule has 5 heteroatoms. The van der Waals surface area contributed by atoms with Crippen LogP contribution < -0.4 is 4.74 Å². The van der Waals surface area contributed by atoms with Gasteiger partial charge in [0.05, 0.1) is 0 Å². The Bertz CT molecular complexity index is 290. The van der Waals surface area contributed by atoms with Gasteiger partial charge in [0.1, 0.15) is 5.75 Å². The maximum absolute atomic E-state index is 5.63. The van der Waals surface area contributed by atoms with E-state index in [0.29, 0.717) is 6.61 Å². The Balaban J connectivity index is 2.59. The molecular weight excluding hydrogens is 392 g/mol. The summed E-state index contributed by atoms with van der Waals surface area (Å²) in [4.78, 5) is 0. The zero-order chi connectivity index (χ0) is 11.3. The van der Waals surface area contributed by atoms with Crippen LogP contribution >= 0.6 is 47.8 Å². The van der Waals surface area contributed by atoms with Crippen LogP contribution in [0.15, 0.2) is 30.3 Å². The molecule has 0 saturated heterocycles. The van der Waals surface area contributed by atoms with Gasteiger partial charge in [-0.3, -0.25) is 0 Å². The summed E-state index contributed by atoms with van der Waals surface area (Å²) in [5, 5.41) is -0.327. The number of alkyl halides is 3. The third-order valence-corrected chi connectivity index (χ3v) is 4.93. The molecule has 0 N–H and O–H groups in total. The standard InChI is InChI=1S/C10H11Br3O2/c1-2-14-10(12,13)9(11)15-8-6-4-3-5-7-8/h3-7,9H,2H2,1H3. The number of halogens is 3.